The Bertz CT molecular complexity index is 1100. The second kappa shape index (κ2) is 9.73. The van der Waals surface area contributed by atoms with Crippen LogP contribution in [0.15, 0.2) is 66.9 Å². The second-order valence-electron chi connectivity index (χ2n) is 8.45. The second-order valence-corrected chi connectivity index (χ2v) is 8.45. The van der Waals surface area contributed by atoms with Gasteiger partial charge in [-0.25, -0.2) is 4.98 Å². The van der Waals surface area contributed by atoms with Crippen molar-refractivity contribution in [3.05, 3.63) is 83.6 Å². The van der Waals surface area contributed by atoms with E-state index in [1.807, 2.05) is 91.5 Å². The van der Waals surface area contributed by atoms with Gasteiger partial charge in [0.25, 0.3) is 11.8 Å². The SMILES string of the molecule is Cc1ccc(C(=O)Nc2ccc(N3CCN(C(=O)c4ccc(N(C)C)cc4)CC3)nc2)cc1. The molecule has 170 valence electrons. The summed E-state index contributed by atoms with van der Waals surface area (Å²) in [5.41, 5.74) is 4.16. The van der Waals surface area contributed by atoms with Crippen LogP contribution < -0.4 is 15.1 Å². The molecule has 1 aliphatic rings. The molecule has 0 radical (unpaired) electrons. The summed E-state index contributed by atoms with van der Waals surface area (Å²) < 4.78 is 0. The Balaban J connectivity index is 1.31. The van der Waals surface area contributed by atoms with Crippen LogP contribution in [0.4, 0.5) is 17.2 Å². The van der Waals surface area contributed by atoms with E-state index in [9.17, 15) is 9.59 Å². The Morgan fingerprint density at radius 3 is 2.06 bits per heavy atom. The van der Waals surface area contributed by atoms with Crippen molar-refractivity contribution < 1.29 is 9.59 Å². The third-order valence-corrected chi connectivity index (χ3v) is 5.84. The van der Waals surface area contributed by atoms with E-state index in [1.54, 1.807) is 6.20 Å². The first-order chi connectivity index (χ1) is 15.9. The predicted molar refractivity (Wildman–Crippen MR) is 132 cm³/mol. The molecule has 0 unspecified atom stereocenters. The molecule has 4 rings (SSSR count). The number of hydrogen-bond donors (Lipinski definition) is 1. The summed E-state index contributed by atoms with van der Waals surface area (Å²) in [6.45, 7) is 4.69. The van der Waals surface area contributed by atoms with Crippen LogP contribution in [0.2, 0.25) is 0 Å². The summed E-state index contributed by atoms with van der Waals surface area (Å²) in [4.78, 5) is 35.8. The van der Waals surface area contributed by atoms with Crippen molar-refractivity contribution in [3.63, 3.8) is 0 Å². The van der Waals surface area contributed by atoms with Crippen molar-refractivity contribution in [2.24, 2.45) is 0 Å². The summed E-state index contributed by atoms with van der Waals surface area (Å²) in [5.74, 6) is 0.739. The number of pyridine rings is 1. The lowest BCUT2D eigenvalue weighted by molar-refractivity contribution is 0.0746. The molecule has 0 aliphatic carbocycles. The topological polar surface area (TPSA) is 68.8 Å². The fourth-order valence-corrected chi connectivity index (χ4v) is 3.78. The molecule has 1 N–H and O–H groups in total. The highest BCUT2D eigenvalue weighted by Crippen LogP contribution is 2.19. The molecule has 2 amide bonds. The maximum Gasteiger partial charge on any atom is 0.255 e. The number of nitrogens with one attached hydrogen (secondary N) is 1. The zero-order valence-electron chi connectivity index (χ0n) is 19.3. The largest absolute Gasteiger partial charge is 0.378 e. The summed E-state index contributed by atoms with van der Waals surface area (Å²) in [7, 11) is 3.96. The lowest BCUT2D eigenvalue weighted by atomic mass is 10.1. The highest BCUT2D eigenvalue weighted by molar-refractivity contribution is 6.04. The van der Waals surface area contributed by atoms with Gasteiger partial charge in [0, 0.05) is 57.1 Å². The first kappa shape index (κ1) is 22.3. The molecule has 2 heterocycles. The summed E-state index contributed by atoms with van der Waals surface area (Å²) in [6.07, 6.45) is 1.67. The number of amides is 2. The molecule has 0 atom stereocenters. The molecule has 1 fully saturated rings. The Labute approximate surface area is 194 Å². The van der Waals surface area contributed by atoms with E-state index in [0.717, 1.165) is 17.1 Å². The molecule has 0 spiro atoms. The van der Waals surface area contributed by atoms with Gasteiger partial charge in [-0.2, -0.15) is 0 Å². The fraction of sp³-hybridized carbons (Fsp3) is 0.269. The molecular weight excluding hydrogens is 414 g/mol. The van der Waals surface area contributed by atoms with E-state index in [1.165, 1.54) is 0 Å². The van der Waals surface area contributed by atoms with Crippen LogP contribution in [0.1, 0.15) is 26.3 Å². The lowest BCUT2D eigenvalue weighted by Gasteiger charge is -2.35. The van der Waals surface area contributed by atoms with Crippen LogP contribution >= 0.6 is 0 Å². The molecule has 0 bridgehead atoms. The number of aromatic nitrogens is 1. The number of hydrogen-bond acceptors (Lipinski definition) is 5. The van der Waals surface area contributed by atoms with Gasteiger partial charge in [-0.3, -0.25) is 9.59 Å². The zero-order valence-corrected chi connectivity index (χ0v) is 19.3. The quantitative estimate of drug-likeness (QED) is 0.652. The van der Waals surface area contributed by atoms with Gasteiger partial charge in [-0.1, -0.05) is 17.7 Å². The monoisotopic (exact) mass is 443 g/mol. The Morgan fingerprint density at radius 2 is 1.48 bits per heavy atom. The van der Waals surface area contributed by atoms with Gasteiger partial charge < -0.3 is 20.0 Å². The van der Waals surface area contributed by atoms with Gasteiger partial charge in [0.15, 0.2) is 0 Å². The minimum Gasteiger partial charge on any atom is -0.378 e. The number of rotatable bonds is 5. The number of carbonyl (C=O) groups excluding carboxylic acids is 2. The Hall–Kier alpha value is -3.87. The number of anilines is 3. The van der Waals surface area contributed by atoms with E-state index in [4.69, 9.17) is 0 Å². The van der Waals surface area contributed by atoms with E-state index < -0.39 is 0 Å². The van der Waals surface area contributed by atoms with Crippen LogP contribution in [0, 0.1) is 6.92 Å². The van der Waals surface area contributed by atoms with Crippen molar-refractivity contribution >= 4 is 29.0 Å². The van der Waals surface area contributed by atoms with Gasteiger partial charge in [-0.05, 0) is 55.5 Å². The summed E-state index contributed by atoms with van der Waals surface area (Å²) in [6, 6.07) is 18.9. The summed E-state index contributed by atoms with van der Waals surface area (Å²) in [5, 5.41) is 2.88. The third kappa shape index (κ3) is 5.31. The molecule has 1 aliphatic heterocycles. The normalized spacial score (nSPS) is 13.5. The van der Waals surface area contributed by atoms with E-state index in [2.05, 4.69) is 15.2 Å². The van der Waals surface area contributed by atoms with Crippen molar-refractivity contribution in [2.75, 3.05) is 55.4 Å². The first-order valence-electron chi connectivity index (χ1n) is 11.1. The summed E-state index contributed by atoms with van der Waals surface area (Å²) >= 11 is 0. The molecule has 1 saturated heterocycles. The highest BCUT2D eigenvalue weighted by atomic mass is 16.2. The van der Waals surface area contributed by atoms with Crippen LogP contribution in [0.3, 0.4) is 0 Å². The number of benzene rings is 2. The highest BCUT2D eigenvalue weighted by Gasteiger charge is 2.23. The third-order valence-electron chi connectivity index (χ3n) is 5.84. The standard InChI is InChI=1S/C26H29N5O2/c1-19-4-6-20(7-5-19)25(32)28-22-10-13-24(27-18-22)30-14-16-31(17-15-30)26(33)21-8-11-23(12-9-21)29(2)3/h4-13,18H,14-17H2,1-3H3,(H,28,32). The molecule has 7 nitrogen and oxygen atoms in total. The molecule has 3 aromatic rings. The van der Waals surface area contributed by atoms with Crippen molar-refractivity contribution in [2.45, 2.75) is 6.92 Å². The fourth-order valence-electron chi connectivity index (χ4n) is 3.78. The van der Waals surface area contributed by atoms with Crippen LogP contribution in [-0.4, -0.2) is 62.0 Å². The smallest absolute Gasteiger partial charge is 0.255 e. The molecule has 1 aromatic heterocycles. The Kier molecular flexibility index (Phi) is 6.58. The van der Waals surface area contributed by atoms with Gasteiger partial charge >= 0.3 is 0 Å². The Morgan fingerprint density at radius 1 is 0.848 bits per heavy atom. The average molecular weight is 444 g/mol. The maximum absolute atomic E-state index is 12.8. The zero-order chi connectivity index (χ0) is 23.4. The maximum atomic E-state index is 12.8. The molecule has 2 aromatic carbocycles. The number of carbonyl (C=O) groups is 2. The van der Waals surface area contributed by atoms with Gasteiger partial charge in [0.1, 0.15) is 5.82 Å². The van der Waals surface area contributed by atoms with Crippen LogP contribution in [-0.2, 0) is 0 Å². The van der Waals surface area contributed by atoms with E-state index in [0.29, 0.717) is 43.0 Å². The van der Waals surface area contributed by atoms with Crippen LogP contribution in [0.5, 0.6) is 0 Å². The molecule has 33 heavy (non-hydrogen) atoms. The minimum absolute atomic E-state index is 0.0575. The lowest BCUT2D eigenvalue weighted by Crippen LogP contribution is -2.49. The molecular formula is C26H29N5O2. The van der Waals surface area contributed by atoms with Crippen LogP contribution in [0.25, 0.3) is 0 Å². The number of nitrogens with zero attached hydrogens (tertiary/aromatic N) is 4. The number of aryl methyl sites for hydroxylation is 1. The number of piperazine rings is 1. The van der Waals surface area contributed by atoms with Crippen molar-refractivity contribution in [1.29, 1.82) is 0 Å². The average Bonchev–Trinajstić information content (AvgIpc) is 2.84. The van der Waals surface area contributed by atoms with Crippen molar-refractivity contribution in [3.8, 4) is 0 Å². The van der Waals surface area contributed by atoms with E-state index in [-0.39, 0.29) is 11.8 Å². The predicted octanol–water partition coefficient (Wildman–Crippen LogP) is 3.67. The molecule has 0 saturated carbocycles. The van der Waals surface area contributed by atoms with E-state index >= 15 is 0 Å². The molecule has 7 heteroatoms. The minimum atomic E-state index is -0.157. The van der Waals surface area contributed by atoms with Crippen molar-refractivity contribution in [1.82, 2.24) is 9.88 Å². The van der Waals surface area contributed by atoms with Gasteiger partial charge in [-0.15, -0.1) is 0 Å². The van der Waals surface area contributed by atoms with Gasteiger partial charge in [0.2, 0.25) is 0 Å². The van der Waals surface area contributed by atoms with Gasteiger partial charge in [0.05, 0.1) is 11.9 Å². The first-order valence-corrected chi connectivity index (χ1v) is 11.1.